The van der Waals surface area contributed by atoms with E-state index in [9.17, 15) is 4.79 Å². The summed E-state index contributed by atoms with van der Waals surface area (Å²) in [6.45, 7) is 0. The van der Waals surface area contributed by atoms with Gasteiger partial charge in [0.15, 0.2) is 0 Å². The topological polar surface area (TPSA) is 42.0 Å². The van der Waals surface area contributed by atoms with Crippen molar-refractivity contribution in [1.82, 2.24) is 4.98 Å². The molecule has 0 bridgehead atoms. The Bertz CT molecular complexity index is 853. The Kier molecular flexibility index (Phi) is 6.69. The number of amides is 1. The van der Waals surface area contributed by atoms with Crippen LogP contribution >= 0.6 is 23.4 Å². The number of nitrogens with one attached hydrogen (secondary N) is 1. The van der Waals surface area contributed by atoms with Gasteiger partial charge in [-0.05, 0) is 53.9 Å². The van der Waals surface area contributed by atoms with E-state index in [2.05, 4.69) is 10.3 Å². The fourth-order valence-electron chi connectivity index (χ4n) is 2.48. The standard InChI is InChI=1S/C21H19ClN2OS/c22-19-3-1-2-4-20(19)26-14-11-21(25)24-18-7-5-16(6-8-18)15-17-9-12-23-13-10-17/h1-10,12-13H,11,14-15H2,(H,24,25). The van der Waals surface area contributed by atoms with Gasteiger partial charge in [-0.15, -0.1) is 11.8 Å². The molecule has 3 rings (SSSR count). The van der Waals surface area contributed by atoms with Gasteiger partial charge in [-0.2, -0.15) is 0 Å². The highest BCUT2D eigenvalue weighted by molar-refractivity contribution is 7.99. The minimum absolute atomic E-state index is 0.00596. The number of anilines is 1. The second kappa shape index (κ2) is 9.41. The Balaban J connectivity index is 1.46. The molecular formula is C21H19ClN2OS. The molecule has 2 aromatic carbocycles. The van der Waals surface area contributed by atoms with Gasteiger partial charge in [-0.3, -0.25) is 9.78 Å². The fourth-order valence-corrected chi connectivity index (χ4v) is 3.67. The zero-order valence-electron chi connectivity index (χ0n) is 14.2. The Morgan fingerprint density at radius 1 is 0.962 bits per heavy atom. The molecule has 0 fully saturated rings. The summed E-state index contributed by atoms with van der Waals surface area (Å²) in [4.78, 5) is 17.1. The third-order valence-corrected chi connectivity index (χ3v) is 5.34. The summed E-state index contributed by atoms with van der Waals surface area (Å²) in [6.07, 6.45) is 4.88. The smallest absolute Gasteiger partial charge is 0.225 e. The van der Waals surface area contributed by atoms with Crippen molar-refractivity contribution in [3.05, 3.63) is 89.2 Å². The SMILES string of the molecule is O=C(CCSc1ccccc1Cl)Nc1ccc(Cc2ccncc2)cc1. The largest absolute Gasteiger partial charge is 0.326 e. The van der Waals surface area contributed by atoms with E-state index < -0.39 is 0 Å². The van der Waals surface area contributed by atoms with Crippen molar-refractivity contribution >= 4 is 35.0 Å². The molecule has 132 valence electrons. The van der Waals surface area contributed by atoms with Crippen LogP contribution in [0, 0.1) is 0 Å². The number of carbonyl (C=O) groups is 1. The maximum atomic E-state index is 12.1. The molecule has 0 aliphatic carbocycles. The van der Waals surface area contributed by atoms with Gasteiger partial charge >= 0.3 is 0 Å². The highest BCUT2D eigenvalue weighted by atomic mass is 35.5. The molecule has 0 aliphatic rings. The molecule has 1 heterocycles. The maximum Gasteiger partial charge on any atom is 0.225 e. The Morgan fingerprint density at radius 3 is 2.38 bits per heavy atom. The van der Waals surface area contributed by atoms with Crippen LogP contribution in [0.1, 0.15) is 17.5 Å². The number of hydrogen-bond acceptors (Lipinski definition) is 3. The van der Waals surface area contributed by atoms with E-state index in [-0.39, 0.29) is 5.91 Å². The summed E-state index contributed by atoms with van der Waals surface area (Å²) in [5.74, 6) is 0.696. The number of thioether (sulfide) groups is 1. The molecule has 5 heteroatoms. The van der Waals surface area contributed by atoms with Crippen molar-refractivity contribution in [1.29, 1.82) is 0 Å². The number of carbonyl (C=O) groups excluding carboxylic acids is 1. The molecule has 0 radical (unpaired) electrons. The van der Waals surface area contributed by atoms with Crippen LogP contribution in [0.2, 0.25) is 5.02 Å². The van der Waals surface area contributed by atoms with Crippen LogP contribution in [0.15, 0.2) is 78.0 Å². The third kappa shape index (κ3) is 5.61. The maximum absolute atomic E-state index is 12.1. The fraction of sp³-hybridized carbons (Fsp3) is 0.143. The van der Waals surface area contributed by atoms with Gasteiger partial charge < -0.3 is 5.32 Å². The summed E-state index contributed by atoms with van der Waals surface area (Å²) < 4.78 is 0. The molecule has 0 spiro atoms. The average Bonchev–Trinajstić information content (AvgIpc) is 2.66. The molecule has 0 aliphatic heterocycles. The number of pyridine rings is 1. The predicted octanol–water partition coefficient (Wildman–Crippen LogP) is 5.45. The van der Waals surface area contributed by atoms with Gasteiger partial charge in [-0.25, -0.2) is 0 Å². The second-order valence-electron chi connectivity index (χ2n) is 5.81. The van der Waals surface area contributed by atoms with E-state index >= 15 is 0 Å². The van der Waals surface area contributed by atoms with E-state index in [0.29, 0.717) is 12.2 Å². The quantitative estimate of drug-likeness (QED) is 0.552. The van der Waals surface area contributed by atoms with E-state index in [4.69, 9.17) is 11.6 Å². The van der Waals surface area contributed by atoms with Crippen molar-refractivity contribution < 1.29 is 4.79 Å². The van der Waals surface area contributed by atoms with Crippen LogP contribution in [0.25, 0.3) is 0 Å². The third-order valence-electron chi connectivity index (χ3n) is 3.82. The van der Waals surface area contributed by atoms with Crippen LogP contribution in [0.3, 0.4) is 0 Å². The average molecular weight is 383 g/mol. The first-order valence-electron chi connectivity index (χ1n) is 8.36. The molecule has 26 heavy (non-hydrogen) atoms. The molecule has 1 aromatic heterocycles. The van der Waals surface area contributed by atoms with Crippen molar-refractivity contribution in [2.24, 2.45) is 0 Å². The summed E-state index contributed by atoms with van der Waals surface area (Å²) in [5, 5.41) is 3.66. The summed E-state index contributed by atoms with van der Waals surface area (Å²) in [7, 11) is 0. The molecule has 3 aromatic rings. The molecule has 3 nitrogen and oxygen atoms in total. The van der Waals surface area contributed by atoms with E-state index in [0.717, 1.165) is 22.0 Å². The molecule has 0 saturated carbocycles. The zero-order valence-corrected chi connectivity index (χ0v) is 15.8. The number of benzene rings is 2. The van der Waals surface area contributed by atoms with Gasteiger partial charge in [0.25, 0.3) is 0 Å². The number of rotatable bonds is 7. The lowest BCUT2D eigenvalue weighted by atomic mass is 10.1. The van der Waals surface area contributed by atoms with E-state index in [1.165, 1.54) is 11.1 Å². The molecule has 0 atom stereocenters. The van der Waals surface area contributed by atoms with Crippen LogP contribution < -0.4 is 5.32 Å². The highest BCUT2D eigenvalue weighted by Gasteiger charge is 2.05. The molecule has 0 unspecified atom stereocenters. The summed E-state index contributed by atoms with van der Waals surface area (Å²) >= 11 is 7.71. The van der Waals surface area contributed by atoms with E-state index in [1.54, 1.807) is 24.2 Å². The summed E-state index contributed by atoms with van der Waals surface area (Å²) in [5.41, 5.74) is 3.23. The van der Waals surface area contributed by atoms with Gasteiger partial charge in [-0.1, -0.05) is 35.9 Å². The molecule has 0 saturated heterocycles. The molecule has 1 amide bonds. The van der Waals surface area contributed by atoms with Crippen molar-refractivity contribution in [3.63, 3.8) is 0 Å². The van der Waals surface area contributed by atoms with Gasteiger partial charge in [0.1, 0.15) is 0 Å². The van der Waals surface area contributed by atoms with Crippen LogP contribution in [-0.2, 0) is 11.2 Å². The minimum Gasteiger partial charge on any atom is -0.326 e. The predicted molar refractivity (Wildman–Crippen MR) is 109 cm³/mol. The van der Waals surface area contributed by atoms with Gasteiger partial charge in [0.2, 0.25) is 5.91 Å². The lowest BCUT2D eigenvalue weighted by Crippen LogP contribution is -2.12. The van der Waals surface area contributed by atoms with Crippen molar-refractivity contribution in [2.45, 2.75) is 17.7 Å². The first-order chi connectivity index (χ1) is 12.7. The normalized spacial score (nSPS) is 10.5. The number of halogens is 1. The zero-order chi connectivity index (χ0) is 18.2. The number of aromatic nitrogens is 1. The number of hydrogen-bond donors (Lipinski definition) is 1. The Labute approximate surface area is 162 Å². The monoisotopic (exact) mass is 382 g/mol. The van der Waals surface area contributed by atoms with Gasteiger partial charge in [0.05, 0.1) is 5.02 Å². The second-order valence-corrected chi connectivity index (χ2v) is 7.35. The van der Waals surface area contributed by atoms with Crippen molar-refractivity contribution in [3.8, 4) is 0 Å². The van der Waals surface area contributed by atoms with Gasteiger partial charge in [0, 0.05) is 35.2 Å². The highest BCUT2D eigenvalue weighted by Crippen LogP contribution is 2.27. The van der Waals surface area contributed by atoms with Crippen LogP contribution in [0.4, 0.5) is 5.69 Å². The summed E-state index contributed by atoms with van der Waals surface area (Å²) in [6, 6.07) is 19.6. The first kappa shape index (κ1) is 18.5. The van der Waals surface area contributed by atoms with Crippen molar-refractivity contribution in [2.75, 3.05) is 11.1 Å². The Morgan fingerprint density at radius 2 is 1.65 bits per heavy atom. The lowest BCUT2D eigenvalue weighted by molar-refractivity contribution is -0.115. The van der Waals surface area contributed by atoms with Crippen LogP contribution in [-0.4, -0.2) is 16.6 Å². The van der Waals surface area contributed by atoms with Crippen LogP contribution in [0.5, 0.6) is 0 Å². The molecular weight excluding hydrogens is 364 g/mol. The number of nitrogens with zero attached hydrogens (tertiary/aromatic N) is 1. The Hall–Kier alpha value is -2.30. The first-order valence-corrected chi connectivity index (χ1v) is 9.72. The molecule has 1 N–H and O–H groups in total. The minimum atomic E-state index is 0.00596. The van der Waals surface area contributed by atoms with E-state index in [1.807, 2.05) is 60.7 Å². The lowest BCUT2D eigenvalue weighted by Gasteiger charge is -2.07.